The van der Waals surface area contributed by atoms with Crippen LogP contribution in [0, 0.1) is 104 Å². The maximum absolute atomic E-state index is 14.9. The molecule has 10 heterocycles. The predicted octanol–water partition coefficient (Wildman–Crippen LogP) is 19.7. The first kappa shape index (κ1) is 106. The fourth-order valence-electron chi connectivity index (χ4n) is 21.5. The predicted molar refractivity (Wildman–Crippen MR) is 523 cm³/mol. The highest BCUT2D eigenvalue weighted by atomic mass is 35.5. The molecule has 0 radical (unpaired) electrons. The van der Waals surface area contributed by atoms with Crippen LogP contribution in [-0.4, -0.2) is 223 Å². The second-order valence-corrected chi connectivity index (χ2v) is 43.1. The Kier molecular flexibility index (Phi) is 34.3. The molecule has 0 spiro atoms. The lowest BCUT2D eigenvalue weighted by molar-refractivity contribution is -0.139. The van der Waals surface area contributed by atoms with E-state index in [1.54, 1.807) is 52.7 Å². The molecule has 7 aliphatic rings. The van der Waals surface area contributed by atoms with Crippen LogP contribution >= 0.6 is 58.0 Å². The monoisotopic (exact) mass is 2010 g/mol. The highest BCUT2D eigenvalue weighted by Gasteiger charge is 2.49. The van der Waals surface area contributed by atoms with Gasteiger partial charge in [0.1, 0.15) is 35.7 Å². The molecule has 0 bridgehead atoms. The number of fused-ring (bicyclic) bond motifs is 5. The maximum atomic E-state index is 14.9. The first-order valence-corrected chi connectivity index (χ1v) is 49.5. The fourth-order valence-corrected chi connectivity index (χ4v) is 22.6. The van der Waals surface area contributed by atoms with Crippen molar-refractivity contribution >= 4 is 142 Å². The van der Waals surface area contributed by atoms with Crippen LogP contribution in [0.15, 0.2) is 61.3 Å². The van der Waals surface area contributed by atoms with E-state index >= 15 is 0 Å². The first-order chi connectivity index (χ1) is 65.4. The topological polar surface area (TPSA) is 379 Å². The molecular formula is C100H129Cl5F5N17O11. The van der Waals surface area contributed by atoms with E-state index in [2.05, 4.69) is 67.5 Å². The number of rotatable bonds is 20. The first-order valence-electron chi connectivity index (χ1n) is 47.6. The van der Waals surface area contributed by atoms with Crippen LogP contribution in [0.3, 0.4) is 0 Å². The number of nitrogens with zero attached hydrogens (tertiary/aromatic N) is 10. The number of aliphatic hydroxyl groups is 5. The number of nitrogens with one attached hydrogen (secondary N) is 7. The van der Waals surface area contributed by atoms with Crippen molar-refractivity contribution in [3.63, 3.8) is 0 Å². The van der Waals surface area contributed by atoms with Crippen LogP contribution in [-0.2, 0) is 19.1 Å². The zero-order chi connectivity index (χ0) is 100. The number of benzene rings is 5. The number of ether oxygens (including phenoxy) is 1. The third kappa shape index (κ3) is 22.6. The van der Waals surface area contributed by atoms with Crippen LogP contribution in [0.1, 0.15) is 243 Å². The van der Waals surface area contributed by atoms with Gasteiger partial charge in [0.15, 0.2) is 0 Å². The Labute approximate surface area is 825 Å². The number of methoxy groups -OCH3 is 1. The Balaban J connectivity index is 0.000000146. The summed E-state index contributed by atoms with van der Waals surface area (Å²) in [7, 11) is 3.11. The molecule has 2 saturated carbocycles. The van der Waals surface area contributed by atoms with Crippen LogP contribution < -0.4 is 10.6 Å². The Bertz CT molecular complexity index is 6010. The molecule has 7 fully saturated rings. The van der Waals surface area contributed by atoms with Crippen LogP contribution in [0.2, 0.25) is 25.1 Å². The highest BCUT2D eigenvalue weighted by molar-refractivity contribution is 6.33. The third-order valence-corrected chi connectivity index (χ3v) is 32.5. The van der Waals surface area contributed by atoms with Gasteiger partial charge in [0.05, 0.1) is 121 Å². The summed E-state index contributed by atoms with van der Waals surface area (Å²) in [5.74, 6) is 0.371. The van der Waals surface area contributed by atoms with Crippen LogP contribution in [0.25, 0.3) is 54.5 Å². The Morgan fingerprint density at radius 2 is 0.645 bits per heavy atom. The van der Waals surface area contributed by atoms with Gasteiger partial charge in [-0.05, 0) is 177 Å². The molecule has 2 aliphatic carbocycles. The van der Waals surface area contributed by atoms with Crippen molar-refractivity contribution in [2.75, 3.05) is 86.2 Å². The molecule has 5 saturated heterocycles. The second kappa shape index (κ2) is 44.5. The molecular weight excluding hydrogens is 1890 g/mol. The number of hydrogen-bond acceptors (Lipinski definition) is 16. The van der Waals surface area contributed by atoms with E-state index < -0.39 is 86.7 Å². The van der Waals surface area contributed by atoms with Crippen LogP contribution in [0.5, 0.6) is 0 Å². The number of amides is 7. The molecule has 28 nitrogen and oxygen atoms in total. The van der Waals surface area contributed by atoms with Gasteiger partial charge in [-0.25, -0.2) is 31.5 Å². The number of hydrogen-bond donors (Lipinski definition) is 12. The van der Waals surface area contributed by atoms with Crippen molar-refractivity contribution in [2.45, 2.75) is 221 Å². The van der Waals surface area contributed by atoms with Gasteiger partial charge in [0.2, 0.25) is 17.7 Å². The summed E-state index contributed by atoms with van der Waals surface area (Å²) < 4.78 is 79.1. The summed E-state index contributed by atoms with van der Waals surface area (Å²) in [5.41, 5.74) is 0.146. The third-order valence-electron chi connectivity index (χ3n) is 31.1. The van der Waals surface area contributed by atoms with E-state index in [0.29, 0.717) is 145 Å². The van der Waals surface area contributed by atoms with Crippen molar-refractivity contribution < 1.29 is 76.2 Å². The number of aromatic amines is 5. The minimum atomic E-state index is -1.07. The molecule has 38 heteroatoms. The summed E-state index contributed by atoms with van der Waals surface area (Å²) in [4.78, 5) is 70.0. The average Bonchev–Trinajstić information content (AvgIpc) is 1.64. The fraction of sp³-hybridized carbons (Fsp3) is 0.580. The lowest BCUT2D eigenvalue weighted by Gasteiger charge is -2.44. The molecule has 17 rings (SSSR count). The number of carbonyl (C=O) groups is 5. The number of piperidine rings is 5. The summed E-state index contributed by atoms with van der Waals surface area (Å²) >= 11 is 30.2. The zero-order valence-electron chi connectivity index (χ0n) is 80.2. The zero-order valence-corrected chi connectivity index (χ0v) is 84.0. The van der Waals surface area contributed by atoms with Gasteiger partial charge < -0.3 is 65.4 Å². The molecule has 5 aromatic heterocycles. The van der Waals surface area contributed by atoms with Crippen molar-refractivity contribution in [1.29, 1.82) is 0 Å². The standard InChI is InChI=1S/C23H31ClFN3O2.C20H26ClFN4O2.C20H23ClFN3O2.C19H25ClFN3O3.C18H24ClFN4O2/c1-23(2,21(29)18-19(25)17(24)12-15-13-26-27-20(15)18)16-8-10-28(11-9-16)22(30)14-6-4-3-5-7-14;1-20(2,12-5-7-26(8-6-12)19(28)24-13-3-4-13)18(27)15-16(22)14(21)9-11-10-23-25-17(11)15;1-4-5-15(26)25-8-6-13(7-9-25)20(2,3)19(27)16-17(22)14(21)10-12-11-23-24-18(12)16;1-19(2,12-4-6-24(7-5-12)14(25)10-27-3)18(26)15-16(21)13(20)8-11-9-22-23-17(11)15;1-18(2,11-4-6-24(7-5-11)17(26)21-3)16(25)13-14(20)12(19)8-10-9-22-23-15(10)13/h12-14,16,21,29H,3-11H2,1-2H3,(H,26,27);9-10,12-13,18,27H,3-8H2,1-2H3,(H,23,25)(H,24,28);1,10-11,13,19,27H,5-9H2,2-3H3,(H,23,24);8-9,12,18,26H,4-7,10H2,1-3H3,(H,22,23);8-9,11,16,25H,4-7H2,1-3H3,(H,21,26)(H,22,23)/t21-;18-;19-;18-;16-/m11111/s1. The maximum Gasteiger partial charge on any atom is 0.317 e. The summed E-state index contributed by atoms with van der Waals surface area (Å²) in [6, 6.07) is 7.77. The Morgan fingerprint density at radius 3 is 0.891 bits per heavy atom. The number of terminal acetylenes is 1. The number of urea groups is 2. The molecule has 7 amide bonds. The van der Waals surface area contributed by atoms with E-state index in [9.17, 15) is 71.5 Å². The molecule has 5 atom stereocenters. The average molecular weight is 2020 g/mol. The van der Waals surface area contributed by atoms with E-state index in [-0.39, 0.29) is 125 Å². The van der Waals surface area contributed by atoms with Crippen molar-refractivity contribution in [3.05, 3.63) is 143 Å². The highest BCUT2D eigenvalue weighted by Crippen LogP contribution is 2.54. The lowest BCUT2D eigenvalue weighted by Crippen LogP contribution is -2.47. The summed E-state index contributed by atoms with van der Waals surface area (Å²) in [5, 5.41) is 98.4. The Morgan fingerprint density at radius 1 is 0.399 bits per heavy atom. The number of halogens is 10. The Hall–Kier alpha value is -9.18. The van der Waals surface area contributed by atoms with Crippen molar-refractivity contribution in [2.24, 2.45) is 62.6 Å². The number of aliphatic hydroxyl groups excluding tert-OH is 5. The van der Waals surface area contributed by atoms with Gasteiger partial charge in [-0.15, -0.1) is 6.42 Å². The van der Waals surface area contributed by atoms with E-state index in [1.807, 2.05) is 79.0 Å². The molecule has 750 valence electrons. The normalized spacial score (nSPS) is 18.6. The number of H-pyrrole nitrogens is 5. The van der Waals surface area contributed by atoms with Crippen LogP contribution in [0.4, 0.5) is 31.5 Å². The molecule has 0 unspecified atom stereocenters. The van der Waals surface area contributed by atoms with Gasteiger partial charge in [-0.1, -0.05) is 152 Å². The largest absolute Gasteiger partial charge is 0.388 e. The minimum absolute atomic E-state index is 0.000594. The van der Waals surface area contributed by atoms with Gasteiger partial charge in [-0.2, -0.15) is 25.5 Å². The summed E-state index contributed by atoms with van der Waals surface area (Å²) in [6.07, 6.45) is 23.1. The minimum Gasteiger partial charge on any atom is -0.388 e. The smallest absolute Gasteiger partial charge is 0.317 e. The molecule has 138 heavy (non-hydrogen) atoms. The van der Waals surface area contributed by atoms with Crippen molar-refractivity contribution in [1.82, 2.24) is 86.1 Å². The van der Waals surface area contributed by atoms with E-state index in [1.165, 1.54) is 43.9 Å². The van der Waals surface area contributed by atoms with Gasteiger partial charge in [0, 0.05) is 146 Å². The second-order valence-electron chi connectivity index (χ2n) is 41.1. The molecule has 10 aromatic rings. The number of aromatic nitrogens is 10. The molecule has 12 N–H and O–H groups in total. The number of carbonyl (C=O) groups excluding carboxylic acids is 5. The SMILES string of the molecule is C#CCC(=O)N1CCC(C(C)(C)[C@H](O)c2c(F)c(Cl)cc3cn[nH]c23)CC1.CC(C)(C1CCN(C(=O)C2CCCCC2)CC1)[C@H](O)c1c(F)c(Cl)cc2cn[nH]c12.CC(C)(C1CCN(C(=O)NC2CC2)CC1)[C@H](O)c1c(F)c(Cl)cc2cn[nH]c12.CNC(=O)N1CCC(C(C)(C)[C@H](O)c2c(F)c(Cl)cc3cn[nH]c23)CC1.COCC(=O)N1CCC(C(C)(C)[C@H](O)c2c(F)c(Cl)cc3cn[nH]c23)CC1. The van der Waals surface area contributed by atoms with Crippen molar-refractivity contribution in [3.8, 4) is 12.3 Å². The van der Waals surface area contributed by atoms with Gasteiger partial charge in [0.25, 0.3) is 0 Å². The van der Waals surface area contributed by atoms with E-state index in [4.69, 9.17) is 69.2 Å². The van der Waals surface area contributed by atoms with E-state index in [0.717, 1.165) is 89.9 Å². The van der Waals surface area contributed by atoms with Gasteiger partial charge in [-0.3, -0.25) is 39.9 Å². The molecule has 5 aliphatic heterocycles. The lowest BCUT2D eigenvalue weighted by atomic mass is 9.68. The number of likely N-dealkylation sites (tertiary alicyclic amines) is 5. The molecule has 5 aromatic carbocycles. The van der Waals surface area contributed by atoms with Gasteiger partial charge >= 0.3 is 12.1 Å². The summed E-state index contributed by atoms with van der Waals surface area (Å²) in [6.45, 7) is 25.7. The quantitative estimate of drug-likeness (QED) is 0.0249.